The third kappa shape index (κ3) is 3.82. The quantitative estimate of drug-likeness (QED) is 0.799. The van der Waals surface area contributed by atoms with Gasteiger partial charge in [0, 0.05) is 17.7 Å². The van der Waals surface area contributed by atoms with Gasteiger partial charge in [-0.05, 0) is 18.8 Å². The number of rotatable bonds is 2. The third-order valence-corrected chi connectivity index (χ3v) is 4.26. The van der Waals surface area contributed by atoms with Gasteiger partial charge in [0.2, 0.25) is 5.91 Å². The van der Waals surface area contributed by atoms with Gasteiger partial charge in [-0.15, -0.1) is 24.2 Å². The minimum absolute atomic E-state index is 0. The normalized spacial score (nSPS) is 34.2. The molecule has 0 spiro atoms. The van der Waals surface area contributed by atoms with Gasteiger partial charge in [-0.2, -0.15) is 0 Å². The molecule has 3 nitrogen and oxygen atoms in total. The molecule has 0 radical (unpaired) electrons. The van der Waals surface area contributed by atoms with Crippen LogP contribution in [0.1, 0.15) is 32.6 Å². The summed E-state index contributed by atoms with van der Waals surface area (Å²) in [7, 11) is 0. The number of halogens is 1. The summed E-state index contributed by atoms with van der Waals surface area (Å²) in [5.74, 6) is 2.82. The summed E-state index contributed by atoms with van der Waals surface area (Å²) in [4.78, 5) is 11.8. The van der Waals surface area contributed by atoms with Gasteiger partial charge in [0.05, 0.1) is 6.04 Å². The molecule has 2 N–H and O–H groups in total. The lowest BCUT2D eigenvalue weighted by molar-refractivity contribution is -0.123. The van der Waals surface area contributed by atoms with E-state index in [1.54, 1.807) is 11.8 Å². The molecule has 0 bridgehead atoms. The average Bonchev–Trinajstić information content (AvgIpc) is 2.70. The van der Waals surface area contributed by atoms with Gasteiger partial charge in [-0.25, -0.2) is 0 Å². The van der Waals surface area contributed by atoms with Gasteiger partial charge in [-0.1, -0.05) is 19.8 Å². The van der Waals surface area contributed by atoms with Gasteiger partial charge >= 0.3 is 0 Å². The fourth-order valence-corrected chi connectivity index (χ4v) is 3.37. The maximum absolute atomic E-state index is 11.8. The van der Waals surface area contributed by atoms with Crippen molar-refractivity contribution in [3.8, 4) is 0 Å². The van der Waals surface area contributed by atoms with Gasteiger partial charge in [-0.3, -0.25) is 10.1 Å². The van der Waals surface area contributed by atoms with Crippen LogP contribution in [0.15, 0.2) is 0 Å². The van der Waals surface area contributed by atoms with E-state index < -0.39 is 0 Å². The Morgan fingerprint density at radius 2 is 2.25 bits per heavy atom. The maximum atomic E-state index is 11.8. The summed E-state index contributed by atoms with van der Waals surface area (Å²) in [6.07, 6.45) is 4.91. The molecule has 2 unspecified atom stereocenters. The summed E-state index contributed by atoms with van der Waals surface area (Å²) >= 11 is 1.80. The van der Waals surface area contributed by atoms with E-state index in [1.807, 2.05) is 0 Å². The number of thioether (sulfide) groups is 1. The number of hydrogen-bond donors (Lipinski definition) is 2. The van der Waals surface area contributed by atoms with E-state index in [0.717, 1.165) is 30.4 Å². The second-order valence-corrected chi connectivity index (χ2v) is 5.78. The molecule has 1 aliphatic carbocycles. The second kappa shape index (κ2) is 6.72. The van der Waals surface area contributed by atoms with Crippen molar-refractivity contribution in [3.63, 3.8) is 0 Å². The van der Waals surface area contributed by atoms with Gasteiger partial charge < -0.3 is 5.32 Å². The molecule has 2 fully saturated rings. The van der Waals surface area contributed by atoms with Gasteiger partial charge in [0.25, 0.3) is 0 Å². The van der Waals surface area contributed by atoms with Crippen molar-refractivity contribution in [1.29, 1.82) is 0 Å². The van der Waals surface area contributed by atoms with Crippen LogP contribution in [0.25, 0.3) is 0 Å². The van der Waals surface area contributed by atoms with E-state index in [4.69, 9.17) is 0 Å². The highest BCUT2D eigenvalue weighted by Gasteiger charge is 2.26. The van der Waals surface area contributed by atoms with Crippen LogP contribution >= 0.6 is 24.2 Å². The largest absolute Gasteiger partial charge is 0.352 e. The summed E-state index contributed by atoms with van der Waals surface area (Å²) in [5, 5.41) is 6.38. The van der Waals surface area contributed by atoms with Crippen LogP contribution in [-0.2, 0) is 4.79 Å². The molecule has 1 aliphatic heterocycles. The predicted molar refractivity (Wildman–Crippen MR) is 71.1 cm³/mol. The van der Waals surface area contributed by atoms with Crippen LogP contribution in [0.3, 0.4) is 0 Å². The van der Waals surface area contributed by atoms with Crippen LogP contribution in [-0.4, -0.2) is 29.6 Å². The topological polar surface area (TPSA) is 41.1 Å². The first-order chi connectivity index (χ1) is 7.25. The summed E-state index contributed by atoms with van der Waals surface area (Å²) in [6, 6.07) is 0.473. The highest BCUT2D eigenvalue weighted by atomic mass is 35.5. The van der Waals surface area contributed by atoms with Crippen molar-refractivity contribution in [2.75, 3.05) is 11.6 Å². The minimum Gasteiger partial charge on any atom is -0.352 e. The summed E-state index contributed by atoms with van der Waals surface area (Å²) in [6.45, 7) is 2.28. The van der Waals surface area contributed by atoms with E-state index in [1.165, 1.54) is 12.8 Å². The molecule has 94 valence electrons. The lowest BCUT2D eigenvalue weighted by Crippen LogP contribution is -2.47. The molecule has 0 aromatic rings. The second-order valence-electron chi connectivity index (χ2n) is 4.75. The Bertz CT molecular complexity index is 234. The third-order valence-electron chi connectivity index (χ3n) is 3.32. The molecule has 3 atom stereocenters. The molecular formula is C11H21ClN2OS. The first-order valence-electron chi connectivity index (χ1n) is 5.87. The van der Waals surface area contributed by atoms with Crippen LogP contribution < -0.4 is 10.6 Å². The Hall–Kier alpha value is 0.0700. The van der Waals surface area contributed by atoms with Crippen molar-refractivity contribution in [2.24, 2.45) is 5.92 Å². The molecule has 5 heteroatoms. The number of hydrogen-bond acceptors (Lipinski definition) is 3. The number of amides is 1. The smallest absolute Gasteiger partial charge is 0.238 e. The molecule has 1 saturated carbocycles. The molecule has 1 heterocycles. The predicted octanol–water partition coefficient (Wildman–Crippen LogP) is 1.77. The summed E-state index contributed by atoms with van der Waals surface area (Å²) < 4.78 is 0. The molecular weight excluding hydrogens is 244 g/mol. The number of carbonyl (C=O) groups excluding carboxylic acids is 1. The maximum Gasteiger partial charge on any atom is 0.238 e. The Labute approximate surface area is 108 Å². The van der Waals surface area contributed by atoms with Crippen molar-refractivity contribution in [1.82, 2.24) is 10.6 Å². The van der Waals surface area contributed by atoms with Gasteiger partial charge in [0.15, 0.2) is 0 Å². The highest BCUT2D eigenvalue weighted by molar-refractivity contribution is 7.99. The van der Waals surface area contributed by atoms with Gasteiger partial charge in [0.1, 0.15) is 0 Å². The lowest BCUT2D eigenvalue weighted by atomic mass is 9.87. The van der Waals surface area contributed by atoms with Crippen molar-refractivity contribution < 1.29 is 4.79 Å². The fourth-order valence-electron chi connectivity index (χ4n) is 2.43. The zero-order valence-electron chi connectivity index (χ0n) is 9.70. The van der Waals surface area contributed by atoms with Crippen molar-refractivity contribution in [3.05, 3.63) is 0 Å². The zero-order chi connectivity index (χ0) is 10.7. The van der Waals surface area contributed by atoms with E-state index >= 15 is 0 Å². The first kappa shape index (κ1) is 14.1. The molecule has 2 rings (SSSR count). The highest BCUT2D eigenvalue weighted by Crippen LogP contribution is 2.23. The molecule has 1 saturated heterocycles. The van der Waals surface area contributed by atoms with Crippen LogP contribution in [0, 0.1) is 5.92 Å². The molecule has 1 amide bonds. The van der Waals surface area contributed by atoms with E-state index in [0.29, 0.717) is 6.04 Å². The Balaban J connectivity index is 0.00000128. The van der Waals surface area contributed by atoms with Crippen LogP contribution in [0.4, 0.5) is 0 Å². The number of nitrogens with one attached hydrogen (secondary N) is 2. The zero-order valence-corrected chi connectivity index (χ0v) is 11.3. The van der Waals surface area contributed by atoms with E-state index in [2.05, 4.69) is 17.6 Å². The van der Waals surface area contributed by atoms with Crippen LogP contribution in [0.5, 0.6) is 0 Å². The first-order valence-corrected chi connectivity index (χ1v) is 7.02. The Morgan fingerprint density at radius 1 is 1.44 bits per heavy atom. The van der Waals surface area contributed by atoms with Crippen molar-refractivity contribution in [2.45, 2.75) is 44.7 Å². The standard InChI is InChI=1S/C11H20N2OS.ClH/c1-8-3-2-4-9(5-8)13-11(14)10-6-15-7-12-10;/h8-10,12H,2-7H2,1H3,(H,13,14);1H/t8?,9?,10-;/m1./s1. The molecule has 0 aromatic heterocycles. The van der Waals surface area contributed by atoms with Crippen LogP contribution in [0.2, 0.25) is 0 Å². The minimum atomic E-state index is 0. The monoisotopic (exact) mass is 264 g/mol. The van der Waals surface area contributed by atoms with E-state index in [-0.39, 0.29) is 24.4 Å². The molecule has 16 heavy (non-hydrogen) atoms. The average molecular weight is 265 g/mol. The SMILES string of the molecule is CC1CCCC(NC(=O)[C@H]2CSCN2)C1.Cl. The van der Waals surface area contributed by atoms with Crippen molar-refractivity contribution >= 4 is 30.1 Å². The molecule has 2 aliphatic rings. The lowest BCUT2D eigenvalue weighted by Gasteiger charge is -2.28. The van der Waals surface area contributed by atoms with E-state index in [9.17, 15) is 4.79 Å². The fraction of sp³-hybridized carbons (Fsp3) is 0.909. The summed E-state index contributed by atoms with van der Waals surface area (Å²) in [5.41, 5.74) is 0. The Kier molecular flexibility index (Phi) is 5.94. The Morgan fingerprint density at radius 3 is 2.88 bits per heavy atom. The molecule has 0 aromatic carbocycles. The number of carbonyl (C=O) groups is 1.